The van der Waals surface area contributed by atoms with E-state index in [0.29, 0.717) is 27.6 Å². The third kappa shape index (κ3) is 7.53. The lowest BCUT2D eigenvalue weighted by atomic mass is 10.1. The van der Waals surface area contributed by atoms with Crippen LogP contribution in [-0.4, -0.2) is 28.2 Å². The van der Waals surface area contributed by atoms with Crippen LogP contribution in [0.2, 0.25) is 10.0 Å². The van der Waals surface area contributed by atoms with Gasteiger partial charge in [-0.25, -0.2) is 18.4 Å². The lowest BCUT2D eigenvalue weighted by molar-refractivity contribution is -0.385. The molecule has 3 aromatic carbocycles. The number of nitrogen functional groups attached to an aromatic ring is 1. The van der Waals surface area contributed by atoms with E-state index in [0.717, 1.165) is 11.3 Å². The highest BCUT2D eigenvalue weighted by Gasteiger charge is 2.18. The third-order valence-electron chi connectivity index (χ3n) is 5.15. The van der Waals surface area contributed by atoms with Crippen molar-refractivity contribution in [1.82, 2.24) is 9.97 Å². The number of nitro groups is 2. The molecule has 12 nitrogen and oxygen atoms in total. The molecule has 17 heteroatoms. The maximum absolute atomic E-state index is 12.4. The highest BCUT2D eigenvalue weighted by molar-refractivity contribution is 7.93. The van der Waals surface area contributed by atoms with Gasteiger partial charge in [-0.2, -0.15) is 0 Å². The Morgan fingerprint density at radius 3 is 1.85 bits per heavy atom. The molecule has 0 amide bonds. The van der Waals surface area contributed by atoms with E-state index < -0.39 is 19.9 Å². The number of anilines is 2. The van der Waals surface area contributed by atoms with Crippen molar-refractivity contribution in [3.05, 3.63) is 108 Å². The monoisotopic (exact) mass is 650 g/mol. The summed E-state index contributed by atoms with van der Waals surface area (Å²) in [5.41, 5.74) is 7.77. The Balaban J connectivity index is 0.000000218. The summed E-state index contributed by atoms with van der Waals surface area (Å²) in [5.74, 6) is 0. The lowest BCUT2D eigenvalue weighted by Crippen LogP contribution is -2.12. The van der Waals surface area contributed by atoms with Gasteiger partial charge in [-0.05, 0) is 18.2 Å². The molecule has 210 valence electrons. The predicted octanol–water partition coefficient (Wildman–Crippen LogP) is 7.13. The van der Waals surface area contributed by atoms with Gasteiger partial charge >= 0.3 is 0 Å². The first-order chi connectivity index (χ1) is 19.4. The van der Waals surface area contributed by atoms with Crippen molar-refractivity contribution in [2.24, 2.45) is 0 Å². The van der Waals surface area contributed by atoms with Crippen molar-refractivity contribution in [3.8, 4) is 22.5 Å². The van der Waals surface area contributed by atoms with E-state index in [4.69, 9.17) is 28.9 Å². The predicted molar refractivity (Wildman–Crippen MR) is 160 cm³/mol. The minimum absolute atomic E-state index is 0.0547. The van der Waals surface area contributed by atoms with E-state index >= 15 is 0 Å². The molecule has 0 unspecified atom stereocenters. The molecule has 0 saturated heterocycles. The molecule has 0 aliphatic carbocycles. The zero-order chi connectivity index (χ0) is 29.7. The number of non-ortho nitro benzene ring substituents is 2. The van der Waals surface area contributed by atoms with E-state index in [1.807, 2.05) is 0 Å². The van der Waals surface area contributed by atoms with Gasteiger partial charge < -0.3 is 5.73 Å². The number of nitrogens with zero attached hydrogens (tertiary/aromatic N) is 4. The van der Waals surface area contributed by atoms with Crippen molar-refractivity contribution in [2.75, 3.05) is 10.5 Å². The van der Waals surface area contributed by atoms with Crippen LogP contribution in [0, 0.1) is 20.2 Å². The summed E-state index contributed by atoms with van der Waals surface area (Å²) in [5, 5.41) is 25.7. The Hall–Kier alpha value is -4.15. The largest absolute Gasteiger partial charge is 0.375 e. The first-order valence-corrected chi connectivity index (χ1v) is 15.1. The second-order valence-electron chi connectivity index (χ2n) is 7.91. The first kappa shape index (κ1) is 29.8. The van der Waals surface area contributed by atoms with Gasteiger partial charge in [0.05, 0.1) is 36.2 Å². The number of nitro benzene ring substituents is 2. The van der Waals surface area contributed by atoms with Crippen LogP contribution in [-0.2, 0) is 10.0 Å². The summed E-state index contributed by atoms with van der Waals surface area (Å²) in [7, 11) is -3.90. The molecule has 0 atom stereocenters. The molecule has 5 rings (SSSR count). The minimum Gasteiger partial charge on any atom is -0.375 e. The molecular formula is C24H16Cl2N6O6S3. The number of hydrogen-bond donors (Lipinski definition) is 2. The van der Waals surface area contributed by atoms with E-state index in [1.54, 1.807) is 29.0 Å². The number of thiazole rings is 2. The molecular weight excluding hydrogens is 635 g/mol. The molecule has 0 aliphatic heterocycles. The second-order valence-corrected chi connectivity index (χ2v) is 12.1. The van der Waals surface area contributed by atoms with Gasteiger partial charge in [0.2, 0.25) is 0 Å². The van der Waals surface area contributed by atoms with Crippen molar-refractivity contribution in [3.63, 3.8) is 0 Å². The number of rotatable bonds is 7. The molecule has 5 aromatic rings. The topological polar surface area (TPSA) is 184 Å². The Morgan fingerprint density at radius 2 is 1.34 bits per heavy atom. The van der Waals surface area contributed by atoms with Gasteiger partial charge in [-0.1, -0.05) is 47.5 Å². The summed E-state index contributed by atoms with van der Waals surface area (Å²) in [4.78, 5) is 28.6. The maximum Gasteiger partial charge on any atom is 0.270 e. The van der Waals surface area contributed by atoms with E-state index in [1.165, 1.54) is 59.9 Å². The molecule has 0 spiro atoms. The summed E-state index contributed by atoms with van der Waals surface area (Å²) >= 11 is 14.0. The number of halogens is 2. The van der Waals surface area contributed by atoms with Crippen molar-refractivity contribution in [2.45, 2.75) is 4.90 Å². The van der Waals surface area contributed by atoms with Gasteiger partial charge in [-0.15, -0.1) is 22.7 Å². The zero-order valence-electron chi connectivity index (χ0n) is 20.3. The fourth-order valence-corrected chi connectivity index (χ4v) is 6.18. The van der Waals surface area contributed by atoms with Gasteiger partial charge in [0.1, 0.15) is 0 Å². The van der Waals surface area contributed by atoms with Gasteiger partial charge in [-0.3, -0.25) is 25.0 Å². The van der Waals surface area contributed by atoms with Gasteiger partial charge in [0.25, 0.3) is 21.4 Å². The molecule has 2 heterocycles. The highest BCUT2D eigenvalue weighted by Crippen LogP contribution is 2.30. The number of hydrogen-bond acceptors (Lipinski definition) is 11. The fourth-order valence-electron chi connectivity index (χ4n) is 3.25. The Morgan fingerprint density at radius 1 is 0.780 bits per heavy atom. The summed E-state index contributed by atoms with van der Waals surface area (Å²) < 4.78 is 27.2. The number of benzene rings is 3. The van der Waals surface area contributed by atoms with E-state index in [2.05, 4.69) is 14.7 Å². The maximum atomic E-state index is 12.4. The molecule has 0 aliphatic rings. The third-order valence-corrected chi connectivity index (χ3v) is 8.79. The van der Waals surface area contributed by atoms with Crippen molar-refractivity contribution >= 4 is 77.5 Å². The minimum atomic E-state index is -3.90. The Labute approximate surface area is 250 Å². The van der Waals surface area contributed by atoms with Crippen LogP contribution < -0.4 is 10.5 Å². The van der Waals surface area contributed by atoms with Crippen LogP contribution in [0.5, 0.6) is 0 Å². The summed E-state index contributed by atoms with van der Waals surface area (Å²) in [6, 6.07) is 16.2. The molecule has 2 aromatic heterocycles. The van der Waals surface area contributed by atoms with Crippen LogP contribution in [0.4, 0.5) is 21.6 Å². The van der Waals surface area contributed by atoms with Gasteiger partial charge in [0.15, 0.2) is 10.3 Å². The quantitative estimate of drug-likeness (QED) is 0.136. The smallest absolute Gasteiger partial charge is 0.270 e. The van der Waals surface area contributed by atoms with Crippen molar-refractivity contribution in [1.29, 1.82) is 0 Å². The van der Waals surface area contributed by atoms with Crippen LogP contribution in [0.15, 0.2) is 82.4 Å². The van der Waals surface area contributed by atoms with Gasteiger partial charge in [0, 0.05) is 46.2 Å². The number of nitrogens with two attached hydrogens (primary N) is 1. The first-order valence-electron chi connectivity index (χ1n) is 11.1. The molecule has 0 radical (unpaired) electrons. The normalized spacial score (nSPS) is 10.9. The average Bonchev–Trinajstić information content (AvgIpc) is 3.59. The Kier molecular flexibility index (Phi) is 9.14. The lowest BCUT2D eigenvalue weighted by Gasteiger charge is -2.06. The van der Waals surface area contributed by atoms with Crippen LogP contribution >= 0.6 is 45.9 Å². The van der Waals surface area contributed by atoms with E-state index in [-0.39, 0.29) is 31.4 Å². The highest BCUT2D eigenvalue weighted by atomic mass is 35.5. The molecule has 41 heavy (non-hydrogen) atoms. The standard InChI is InChI=1S/C15H9Cl2N3O4S2.C9H7N3O2S/c16-12-5-4-11(7-13(12)17)26(23,24)19-15-18-14(8-25-15)9-2-1-3-10(6-9)20(21)22;10-9-11-8(5-15-9)6-2-1-3-7(4-6)12(13)14/h1-8H,(H,18,19);1-5H,(H2,10,11). The zero-order valence-corrected chi connectivity index (χ0v) is 24.3. The number of nitrogens with one attached hydrogen (secondary N) is 1. The fraction of sp³-hybridized carbons (Fsp3) is 0. The molecule has 0 fully saturated rings. The van der Waals surface area contributed by atoms with Crippen LogP contribution in [0.3, 0.4) is 0 Å². The van der Waals surface area contributed by atoms with Crippen LogP contribution in [0.1, 0.15) is 0 Å². The molecule has 0 saturated carbocycles. The SMILES string of the molecule is Nc1nc(-c2cccc([N+](=O)[O-])c2)cs1.O=[N+]([O-])c1cccc(-c2csc(NS(=O)(=O)c3ccc(Cl)c(Cl)c3)n2)c1. The molecule has 3 N–H and O–H groups in total. The Bertz CT molecular complexity index is 1860. The van der Waals surface area contributed by atoms with Crippen molar-refractivity contribution < 1.29 is 18.3 Å². The summed E-state index contributed by atoms with van der Waals surface area (Å²) in [6.07, 6.45) is 0. The average molecular weight is 652 g/mol. The summed E-state index contributed by atoms with van der Waals surface area (Å²) in [6.45, 7) is 0. The van der Waals surface area contributed by atoms with Crippen LogP contribution in [0.25, 0.3) is 22.5 Å². The van der Waals surface area contributed by atoms with E-state index in [9.17, 15) is 28.6 Å². The molecule has 0 bridgehead atoms. The number of aromatic nitrogens is 2. The number of sulfonamides is 1. The second kappa shape index (κ2) is 12.6.